The molecule has 1 atom stereocenters. The summed E-state index contributed by atoms with van der Waals surface area (Å²) in [5.74, 6) is 0. The van der Waals surface area contributed by atoms with Gasteiger partial charge in [-0.15, -0.1) is 0 Å². The molecule has 0 bridgehead atoms. The first kappa shape index (κ1) is 16.6. The van der Waals surface area contributed by atoms with Gasteiger partial charge in [0, 0.05) is 6.26 Å². The van der Waals surface area contributed by atoms with Crippen molar-refractivity contribution in [1.29, 1.82) is 0 Å². The van der Waals surface area contributed by atoms with E-state index in [-0.39, 0.29) is 4.90 Å². The number of benzene rings is 1. The molecule has 1 aromatic rings. The fourth-order valence-corrected chi connectivity index (χ4v) is 2.79. The summed E-state index contributed by atoms with van der Waals surface area (Å²) >= 11 is 0. The molecule has 0 aliphatic carbocycles. The van der Waals surface area contributed by atoms with Crippen molar-refractivity contribution in [2.75, 3.05) is 12.9 Å². The maximum absolute atomic E-state index is 12.8. The Morgan fingerprint density at radius 1 is 1.23 bits per heavy atom. The lowest BCUT2D eigenvalue weighted by Gasteiger charge is -2.33. The van der Waals surface area contributed by atoms with Crippen molar-refractivity contribution in [3.63, 3.8) is 0 Å². The summed E-state index contributed by atoms with van der Waals surface area (Å²) in [6, 6.07) is 5.35. The van der Waals surface area contributed by atoms with E-state index in [0.29, 0.717) is 5.56 Å². The molecule has 1 aliphatic heterocycles. The quantitative estimate of drug-likeness (QED) is 0.886. The van der Waals surface area contributed by atoms with Crippen LogP contribution in [0.3, 0.4) is 0 Å². The third-order valence-electron chi connectivity index (χ3n) is 3.38. The summed E-state index contributed by atoms with van der Waals surface area (Å²) in [5.41, 5.74) is -2.00. The number of aliphatic hydroxyl groups is 1. The van der Waals surface area contributed by atoms with Gasteiger partial charge in [0.1, 0.15) is 5.54 Å². The predicted octanol–water partition coefficient (Wildman–Crippen LogP) is 1.88. The molecular weight excluding hydrogens is 319 g/mol. The highest BCUT2D eigenvalue weighted by Crippen LogP contribution is 2.34. The second kappa shape index (κ2) is 5.44. The summed E-state index contributed by atoms with van der Waals surface area (Å²) in [5, 5.41) is 12.3. The molecule has 2 N–H and O–H groups in total. The molecule has 0 radical (unpaired) electrons. The van der Waals surface area contributed by atoms with Crippen LogP contribution in [0, 0.1) is 0 Å². The van der Waals surface area contributed by atoms with Crippen molar-refractivity contribution in [2.24, 2.45) is 0 Å². The van der Waals surface area contributed by atoms with Gasteiger partial charge in [0.2, 0.25) is 0 Å². The third kappa shape index (κ3) is 3.17. The highest BCUT2D eigenvalue weighted by atomic mass is 32.2. The number of hydrogen-bond donors (Lipinski definition) is 2. The van der Waals surface area contributed by atoms with Crippen molar-refractivity contribution in [2.45, 2.75) is 16.6 Å². The Balaban J connectivity index is 2.48. The molecule has 0 aromatic heterocycles. The molecule has 1 unspecified atom stereocenters. The Kier molecular flexibility index (Phi) is 4.09. The highest BCUT2D eigenvalue weighted by molar-refractivity contribution is 7.90. The van der Waals surface area contributed by atoms with Crippen LogP contribution in [-0.4, -0.2) is 32.6 Å². The normalized spacial score (nSPS) is 22.1. The molecule has 1 aliphatic rings. The molecule has 8 heteroatoms. The second-order valence-corrected chi connectivity index (χ2v) is 7.02. The van der Waals surface area contributed by atoms with E-state index in [0.717, 1.165) is 24.6 Å². The Morgan fingerprint density at radius 3 is 2.27 bits per heavy atom. The first-order valence-electron chi connectivity index (χ1n) is 6.24. The van der Waals surface area contributed by atoms with Crippen LogP contribution in [0.5, 0.6) is 0 Å². The van der Waals surface area contributed by atoms with Gasteiger partial charge in [0.25, 0.3) is 0 Å². The summed E-state index contributed by atoms with van der Waals surface area (Å²) in [7, 11) is -3.40. The molecule has 0 amide bonds. The van der Waals surface area contributed by atoms with E-state index < -0.39 is 33.7 Å². The summed E-state index contributed by atoms with van der Waals surface area (Å²) in [6.45, 7) is -0.616. The number of rotatable bonds is 3. The number of hydrogen-bond acceptors (Lipinski definition) is 4. The average Bonchev–Trinajstić information content (AvgIpc) is 2.45. The van der Waals surface area contributed by atoms with Gasteiger partial charge in [-0.1, -0.05) is 12.1 Å². The third-order valence-corrected chi connectivity index (χ3v) is 4.51. The van der Waals surface area contributed by atoms with Crippen LogP contribution in [0.4, 0.5) is 13.2 Å². The van der Waals surface area contributed by atoms with Crippen LogP contribution in [-0.2, 0) is 15.4 Å². The molecule has 2 rings (SSSR count). The van der Waals surface area contributed by atoms with Crippen molar-refractivity contribution < 1.29 is 26.7 Å². The van der Waals surface area contributed by atoms with Crippen LogP contribution in [0.1, 0.15) is 5.56 Å². The molecule has 0 fully saturated rings. The number of nitrogens with one attached hydrogen (secondary N) is 1. The van der Waals surface area contributed by atoms with Crippen LogP contribution in [0.15, 0.2) is 53.1 Å². The molecule has 22 heavy (non-hydrogen) atoms. The zero-order chi connectivity index (χ0) is 16.6. The minimum atomic E-state index is -4.54. The van der Waals surface area contributed by atoms with E-state index in [2.05, 4.69) is 5.32 Å². The van der Waals surface area contributed by atoms with E-state index in [4.69, 9.17) is 0 Å². The van der Waals surface area contributed by atoms with Crippen molar-refractivity contribution in [3.05, 3.63) is 53.8 Å². The second-order valence-electron chi connectivity index (χ2n) is 5.00. The average molecular weight is 333 g/mol. The molecule has 0 saturated carbocycles. The monoisotopic (exact) mass is 333 g/mol. The molecule has 120 valence electrons. The van der Waals surface area contributed by atoms with Gasteiger partial charge in [0.05, 0.1) is 17.1 Å². The zero-order valence-electron chi connectivity index (χ0n) is 11.6. The molecule has 0 spiro atoms. The number of sulfone groups is 1. The summed E-state index contributed by atoms with van der Waals surface area (Å²) in [6.07, 6.45) is -0.621. The van der Waals surface area contributed by atoms with Gasteiger partial charge in [-0.05, 0) is 36.0 Å². The molecule has 1 aromatic carbocycles. The highest BCUT2D eigenvalue weighted by Gasteiger charge is 2.39. The number of allylic oxidation sites excluding steroid dienone is 2. The van der Waals surface area contributed by atoms with E-state index in [1.807, 2.05) is 0 Å². The van der Waals surface area contributed by atoms with Gasteiger partial charge in [-0.2, -0.15) is 13.2 Å². The van der Waals surface area contributed by atoms with Crippen molar-refractivity contribution in [3.8, 4) is 0 Å². The van der Waals surface area contributed by atoms with E-state index in [1.54, 1.807) is 0 Å². The van der Waals surface area contributed by atoms with Crippen LogP contribution >= 0.6 is 0 Å². The summed E-state index contributed by atoms with van der Waals surface area (Å²) in [4.78, 5) is 0.0516. The topological polar surface area (TPSA) is 66.4 Å². The van der Waals surface area contributed by atoms with Gasteiger partial charge in [-0.3, -0.25) is 0 Å². The maximum Gasteiger partial charge on any atom is 0.416 e. The van der Waals surface area contributed by atoms with Crippen LogP contribution < -0.4 is 5.32 Å². The summed E-state index contributed by atoms with van der Waals surface area (Å²) < 4.78 is 61.4. The van der Waals surface area contributed by atoms with Crippen molar-refractivity contribution in [1.82, 2.24) is 5.32 Å². The van der Waals surface area contributed by atoms with E-state index >= 15 is 0 Å². The lowest BCUT2D eigenvalue weighted by Crippen LogP contribution is -2.43. The molecule has 0 saturated heterocycles. The Morgan fingerprint density at radius 2 is 1.82 bits per heavy atom. The fourth-order valence-electron chi connectivity index (χ4n) is 2.16. The largest absolute Gasteiger partial charge is 0.416 e. The van der Waals surface area contributed by atoms with Crippen LogP contribution in [0.2, 0.25) is 0 Å². The van der Waals surface area contributed by atoms with Gasteiger partial charge in [-0.25, -0.2) is 8.42 Å². The van der Waals surface area contributed by atoms with Crippen LogP contribution in [0.25, 0.3) is 0 Å². The predicted molar refractivity (Wildman–Crippen MR) is 74.7 cm³/mol. The number of dihydropyridines is 1. The zero-order valence-corrected chi connectivity index (χ0v) is 12.4. The maximum atomic E-state index is 12.8. The van der Waals surface area contributed by atoms with E-state index in [9.17, 15) is 26.7 Å². The van der Waals surface area contributed by atoms with Crippen molar-refractivity contribution >= 4 is 9.84 Å². The first-order chi connectivity index (χ1) is 10.1. The molecular formula is C14H14F3NO3S. The smallest absolute Gasteiger partial charge is 0.393 e. The Labute approximate surface area is 125 Å². The molecule has 1 heterocycles. The van der Waals surface area contributed by atoms with Gasteiger partial charge in [0.15, 0.2) is 9.84 Å². The lowest BCUT2D eigenvalue weighted by molar-refractivity contribution is -0.0894. The minimum Gasteiger partial charge on any atom is -0.393 e. The molecule has 4 nitrogen and oxygen atoms in total. The van der Waals surface area contributed by atoms with E-state index in [1.165, 1.54) is 24.3 Å². The van der Waals surface area contributed by atoms with Gasteiger partial charge >= 0.3 is 6.18 Å². The minimum absolute atomic E-state index is 0.0516. The number of aliphatic hydroxyl groups excluding tert-OH is 1. The SMILES string of the molecule is CS(=O)(=O)c1ccc(C2(CO)C=C(C(F)(F)F)C=CN2)cc1. The first-order valence-corrected chi connectivity index (χ1v) is 8.13. The lowest BCUT2D eigenvalue weighted by atomic mass is 9.86. The standard InChI is InChI=1S/C14H14F3NO3S/c1-22(20,21)12-4-2-10(3-5-12)13(9-19)8-11(6-7-18-13)14(15,16)17/h2-8,18-19H,9H2,1H3. The Bertz CT molecular complexity index is 721. The number of alkyl halides is 3. The number of halogens is 3. The fraction of sp³-hybridized carbons (Fsp3) is 0.286. The van der Waals surface area contributed by atoms with Gasteiger partial charge < -0.3 is 10.4 Å². The Hall–Kier alpha value is -1.80.